The molecule has 1 aliphatic heterocycles. The van der Waals surface area contributed by atoms with Crippen LogP contribution in [0.25, 0.3) is 0 Å². The Morgan fingerprint density at radius 2 is 2.21 bits per heavy atom. The van der Waals surface area contributed by atoms with Crippen LogP contribution in [-0.4, -0.2) is 49.0 Å². The number of para-hydroxylation sites is 2. The minimum absolute atomic E-state index is 0.0925. The molecule has 1 heterocycles. The minimum atomic E-state index is -0.424. The van der Waals surface area contributed by atoms with Crippen LogP contribution >= 0.6 is 0 Å². The number of ether oxygens (including phenoxy) is 1. The van der Waals surface area contributed by atoms with Crippen molar-refractivity contribution in [1.29, 1.82) is 0 Å². The molecule has 0 radical (unpaired) electrons. The van der Waals surface area contributed by atoms with Crippen molar-refractivity contribution in [2.75, 3.05) is 31.6 Å². The standard InChI is InChI=1S/C18H25N3O3/c1-4-21-10-9-19-18(23)15(21)11-17(22)20-14-7-5-6-8-16(14)24-12-13(2)3/h5-8,15H,2,4,9-12H2,1,3H3,(H,19,23)(H,20,22). The lowest BCUT2D eigenvalue weighted by molar-refractivity contribution is -0.132. The highest BCUT2D eigenvalue weighted by atomic mass is 16.5. The Morgan fingerprint density at radius 1 is 1.46 bits per heavy atom. The Kier molecular flexibility index (Phi) is 6.37. The normalized spacial score (nSPS) is 17.9. The molecule has 2 amide bonds. The molecule has 6 nitrogen and oxygen atoms in total. The fraction of sp³-hybridized carbons (Fsp3) is 0.444. The van der Waals surface area contributed by atoms with Gasteiger partial charge in [-0.2, -0.15) is 0 Å². The number of amides is 2. The van der Waals surface area contributed by atoms with Crippen molar-refractivity contribution in [2.24, 2.45) is 0 Å². The molecule has 24 heavy (non-hydrogen) atoms. The minimum Gasteiger partial charge on any atom is -0.487 e. The summed E-state index contributed by atoms with van der Waals surface area (Å²) in [6.45, 7) is 10.2. The number of likely N-dealkylation sites (N-methyl/N-ethyl adjacent to an activating group) is 1. The second kappa shape index (κ2) is 8.49. The number of anilines is 1. The van der Waals surface area contributed by atoms with Crippen molar-refractivity contribution in [3.05, 3.63) is 36.4 Å². The third-order valence-electron chi connectivity index (χ3n) is 3.86. The lowest BCUT2D eigenvalue weighted by Gasteiger charge is -2.33. The van der Waals surface area contributed by atoms with Crippen molar-refractivity contribution >= 4 is 17.5 Å². The van der Waals surface area contributed by atoms with E-state index >= 15 is 0 Å². The van der Waals surface area contributed by atoms with Crippen LogP contribution in [0.5, 0.6) is 5.75 Å². The lowest BCUT2D eigenvalue weighted by Crippen LogP contribution is -2.56. The molecule has 0 aromatic heterocycles. The number of piperazine rings is 1. The van der Waals surface area contributed by atoms with Gasteiger partial charge in [0.1, 0.15) is 12.4 Å². The molecule has 1 aromatic rings. The summed E-state index contributed by atoms with van der Waals surface area (Å²) >= 11 is 0. The zero-order valence-corrected chi connectivity index (χ0v) is 14.3. The third-order valence-corrected chi connectivity index (χ3v) is 3.86. The van der Waals surface area contributed by atoms with E-state index in [9.17, 15) is 9.59 Å². The molecule has 0 saturated carbocycles. The summed E-state index contributed by atoms with van der Waals surface area (Å²) in [5, 5.41) is 5.66. The van der Waals surface area contributed by atoms with E-state index in [0.29, 0.717) is 24.6 Å². The predicted molar refractivity (Wildman–Crippen MR) is 94.0 cm³/mol. The van der Waals surface area contributed by atoms with Crippen LogP contribution in [0.1, 0.15) is 20.3 Å². The second-order valence-corrected chi connectivity index (χ2v) is 5.93. The molecule has 0 spiro atoms. The van der Waals surface area contributed by atoms with Gasteiger partial charge in [-0.05, 0) is 31.2 Å². The fourth-order valence-electron chi connectivity index (χ4n) is 2.64. The molecule has 130 valence electrons. The van der Waals surface area contributed by atoms with Gasteiger partial charge >= 0.3 is 0 Å². The molecule has 2 N–H and O–H groups in total. The Morgan fingerprint density at radius 3 is 2.92 bits per heavy atom. The van der Waals surface area contributed by atoms with E-state index < -0.39 is 6.04 Å². The molecule has 2 rings (SSSR count). The second-order valence-electron chi connectivity index (χ2n) is 5.93. The Labute approximate surface area is 142 Å². The topological polar surface area (TPSA) is 70.7 Å². The van der Waals surface area contributed by atoms with E-state index in [1.807, 2.05) is 30.9 Å². The first-order valence-electron chi connectivity index (χ1n) is 8.19. The van der Waals surface area contributed by atoms with Crippen molar-refractivity contribution in [2.45, 2.75) is 26.3 Å². The van der Waals surface area contributed by atoms with Crippen LogP contribution in [0.3, 0.4) is 0 Å². The summed E-state index contributed by atoms with van der Waals surface area (Å²) in [6, 6.07) is 6.83. The summed E-state index contributed by atoms with van der Waals surface area (Å²) in [7, 11) is 0. The Balaban J connectivity index is 2.01. The van der Waals surface area contributed by atoms with Gasteiger partial charge in [-0.25, -0.2) is 0 Å². The first-order chi connectivity index (χ1) is 11.5. The van der Waals surface area contributed by atoms with E-state index in [4.69, 9.17) is 4.74 Å². The molecule has 1 fully saturated rings. The first kappa shape index (κ1) is 18.0. The molecule has 1 aliphatic rings. The van der Waals surface area contributed by atoms with Gasteiger partial charge in [-0.15, -0.1) is 0 Å². The van der Waals surface area contributed by atoms with E-state index in [1.165, 1.54) is 0 Å². The molecule has 1 unspecified atom stereocenters. The molecule has 0 bridgehead atoms. The number of hydrogen-bond donors (Lipinski definition) is 2. The van der Waals surface area contributed by atoms with Gasteiger partial charge in [-0.1, -0.05) is 25.6 Å². The average Bonchev–Trinajstić information content (AvgIpc) is 2.55. The molecule has 1 aromatic carbocycles. The van der Waals surface area contributed by atoms with E-state index in [0.717, 1.165) is 18.7 Å². The molecule has 1 saturated heterocycles. The number of carbonyl (C=O) groups is 2. The molecule has 1 atom stereocenters. The van der Waals surface area contributed by atoms with Gasteiger partial charge in [0, 0.05) is 13.1 Å². The van der Waals surface area contributed by atoms with Crippen LogP contribution in [0, 0.1) is 0 Å². The van der Waals surface area contributed by atoms with Gasteiger partial charge in [0.15, 0.2) is 0 Å². The number of hydrogen-bond acceptors (Lipinski definition) is 4. The average molecular weight is 331 g/mol. The largest absolute Gasteiger partial charge is 0.487 e. The van der Waals surface area contributed by atoms with Gasteiger partial charge < -0.3 is 15.4 Å². The van der Waals surface area contributed by atoms with Crippen molar-refractivity contribution in [3.8, 4) is 5.75 Å². The zero-order valence-electron chi connectivity index (χ0n) is 14.3. The van der Waals surface area contributed by atoms with E-state index in [1.54, 1.807) is 12.1 Å². The maximum atomic E-state index is 12.4. The number of nitrogens with one attached hydrogen (secondary N) is 2. The monoisotopic (exact) mass is 331 g/mol. The predicted octanol–water partition coefficient (Wildman–Crippen LogP) is 1.79. The number of rotatable bonds is 7. The maximum absolute atomic E-state index is 12.4. The smallest absolute Gasteiger partial charge is 0.237 e. The van der Waals surface area contributed by atoms with E-state index in [-0.39, 0.29) is 18.2 Å². The lowest BCUT2D eigenvalue weighted by atomic mass is 10.1. The molecular formula is C18H25N3O3. The summed E-state index contributed by atoms with van der Waals surface area (Å²) in [6.07, 6.45) is 0.120. The summed E-state index contributed by atoms with van der Waals surface area (Å²) in [4.78, 5) is 26.4. The van der Waals surface area contributed by atoms with Crippen molar-refractivity contribution in [1.82, 2.24) is 10.2 Å². The van der Waals surface area contributed by atoms with Crippen LogP contribution in [-0.2, 0) is 9.59 Å². The highest BCUT2D eigenvalue weighted by Crippen LogP contribution is 2.24. The third kappa shape index (κ3) is 4.83. The fourth-order valence-corrected chi connectivity index (χ4v) is 2.64. The van der Waals surface area contributed by atoms with Crippen LogP contribution in [0.15, 0.2) is 36.4 Å². The van der Waals surface area contributed by atoms with E-state index in [2.05, 4.69) is 17.2 Å². The Bertz CT molecular complexity index is 615. The zero-order chi connectivity index (χ0) is 17.5. The van der Waals surface area contributed by atoms with Crippen LogP contribution in [0.4, 0.5) is 5.69 Å². The highest BCUT2D eigenvalue weighted by molar-refractivity contribution is 5.96. The quantitative estimate of drug-likeness (QED) is 0.747. The van der Waals surface area contributed by atoms with Gasteiger partial charge in [0.25, 0.3) is 0 Å². The number of carbonyl (C=O) groups excluding carboxylic acids is 2. The Hall–Kier alpha value is -2.34. The van der Waals surface area contributed by atoms with Gasteiger partial charge in [0.2, 0.25) is 11.8 Å². The van der Waals surface area contributed by atoms with Crippen LogP contribution < -0.4 is 15.4 Å². The summed E-state index contributed by atoms with van der Waals surface area (Å²) in [5.41, 5.74) is 1.50. The maximum Gasteiger partial charge on any atom is 0.237 e. The van der Waals surface area contributed by atoms with Crippen LogP contribution in [0.2, 0.25) is 0 Å². The molecular weight excluding hydrogens is 306 g/mol. The van der Waals surface area contributed by atoms with Gasteiger partial charge in [0.05, 0.1) is 18.2 Å². The van der Waals surface area contributed by atoms with Crippen molar-refractivity contribution in [3.63, 3.8) is 0 Å². The molecule has 6 heteroatoms. The van der Waals surface area contributed by atoms with Gasteiger partial charge in [-0.3, -0.25) is 14.5 Å². The first-order valence-corrected chi connectivity index (χ1v) is 8.19. The summed E-state index contributed by atoms with van der Waals surface area (Å²) in [5.74, 6) is 0.293. The van der Waals surface area contributed by atoms with Crippen molar-refractivity contribution < 1.29 is 14.3 Å². The number of nitrogens with zero attached hydrogens (tertiary/aromatic N) is 1. The number of benzene rings is 1. The molecule has 0 aliphatic carbocycles. The SMILES string of the molecule is C=C(C)COc1ccccc1NC(=O)CC1C(=O)NCCN1CC. The highest BCUT2D eigenvalue weighted by Gasteiger charge is 2.30. The summed E-state index contributed by atoms with van der Waals surface area (Å²) < 4.78 is 5.65.